The van der Waals surface area contributed by atoms with E-state index < -0.39 is 18.9 Å². The van der Waals surface area contributed by atoms with Crippen molar-refractivity contribution in [2.24, 2.45) is 5.92 Å². The Balaban J connectivity index is 2.63. The van der Waals surface area contributed by atoms with Crippen LogP contribution in [0.5, 0.6) is 0 Å². The topological polar surface area (TPSA) is 80.0 Å². The van der Waals surface area contributed by atoms with Gasteiger partial charge in [0, 0.05) is 6.54 Å². The molecule has 0 aliphatic rings. The molecule has 0 aliphatic carbocycles. The van der Waals surface area contributed by atoms with Crippen LogP contribution in [-0.2, 0) is 0 Å². The van der Waals surface area contributed by atoms with Gasteiger partial charge in [-0.1, -0.05) is 25.2 Å². The molecule has 1 aromatic rings. The molecule has 1 aromatic heterocycles. The Hall–Kier alpha value is -1.44. The van der Waals surface area contributed by atoms with Gasteiger partial charge in [-0.3, -0.25) is 4.79 Å². The Morgan fingerprint density at radius 2 is 2.11 bits per heavy atom. The predicted octanol–water partition coefficient (Wildman–Crippen LogP) is 1.79. The molecule has 1 rings (SSSR count). The van der Waals surface area contributed by atoms with Crippen LogP contribution < -0.4 is 16.4 Å². The largest absolute Gasteiger partial charge is 0.382 e. The third-order valence-corrected chi connectivity index (χ3v) is 2.97. The molecule has 0 saturated heterocycles. The Morgan fingerprint density at radius 3 is 2.67 bits per heavy atom. The summed E-state index contributed by atoms with van der Waals surface area (Å²) in [4.78, 5) is 15.7. The predicted molar refractivity (Wildman–Crippen MR) is 68.2 cm³/mol. The molecule has 18 heavy (non-hydrogen) atoms. The van der Waals surface area contributed by atoms with Gasteiger partial charge in [0.25, 0.3) is 12.3 Å². The normalized spacial score (nSPS) is 11.0. The van der Waals surface area contributed by atoms with E-state index in [-0.39, 0.29) is 10.7 Å². The summed E-state index contributed by atoms with van der Waals surface area (Å²) in [5.41, 5.74) is 5.57. The zero-order chi connectivity index (χ0) is 13.7. The van der Waals surface area contributed by atoms with Crippen LogP contribution in [0.15, 0.2) is 0 Å². The number of thiazole rings is 1. The molecule has 0 spiro atoms. The van der Waals surface area contributed by atoms with Crippen LogP contribution in [0.2, 0.25) is 0 Å². The smallest absolute Gasteiger partial charge is 0.265 e. The van der Waals surface area contributed by atoms with Crippen molar-refractivity contribution in [2.45, 2.75) is 20.3 Å². The average Bonchev–Trinajstić information content (AvgIpc) is 2.64. The molecule has 0 radical (unpaired) electrons. The van der Waals surface area contributed by atoms with Crippen LogP contribution in [0.4, 0.5) is 19.7 Å². The summed E-state index contributed by atoms with van der Waals surface area (Å²) in [6, 6.07) is 0. The van der Waals surface area contributed by atoms with Crippen molar-refractivity contribution in [3.63, 3.8) is 0 Å². The molecule has 4 N–H and O–H groups in total. The van der Waals surface area contributed by atoms with Gasteiger partial charge in [0.1, 0.15) is 10.7 Å². The van der Waals surface area contributed by atoms with Gasteiger partial charge in [0.05, 0.1) is 6.54 Å². The molecule has 0 atom stereocenters. The number of carbonyl (C=O) groups is 1. The summed E-state index contributed by atoms with van der Waals surface area (Å²) in [6.45, 7) is 4.07. The number of nitrogens with one attached hydrogen (secondary N) is 2. The van der Waals surface area contributed by atoms with Crippen molar-refractivity contribution in [3.05, 3.63) is 4.88 Å². The number of anilines is 2. The van der Waals surface area contributed by atoms with Crippen LogP contribution in [0.1, 0.15) is 23.5 Å². The van der Waals surface area contributed by atoms with E-state index in [1.54, 1.807) is 0 Å². The minimum absolute atomic E-state index is 0.0537. The molecule has 1 heterocycles. The van der Waals surface area contributed by atoms with Crippen molar-refractivity contribution in [1.29, 1.82) is 0 Å². The molecule has 8 heteroatoms. The molecule has 5 nitrogen and oxygen atoms in total. The number of nitrogens with two attached hydrogens (primary N) is 1. The van der Waals surface area contributed by atoms with E-state index >= 15 is 0 Å². The van der Waals surface area contributed by atoms with Gasteiger partial charge in [-0.15, -0.1) is 0 Å². The van der Waals surface area contributed by atoms with Crippen molar-refractivity contribution < 1.29 is 13.6 Å². The molecule has 0 bridgehead atoms. The minimum Gasteiger partial charge on any atom is -0.382 e. The second-order valence-corrected chi connectivity index (χ2v) is 5.11. The van der Waals surface area contributed by atoms with E-state index in [1.807, 2.05) is 13.8 Å². The SMILES string of the molecule is CC(C)CNc1nc(N)c(C(=O)NCC(F)F)s1. The van der Waals surface area contributed by atoms with E-state index in [1.165, 1.54) is 0 Å². The van der Waals surface area contributed by atoms with Crippen molar-refractivity contribution in [2.75, 3.05) is 24.1 Å². The van der Waals surface area contributed by atoms with Gasteiger partial charge in [-0.25, -0.2) is 13.8 Å². The molecule has 1 amide bonds. The summed E-state index contributed by atoms with van der Waals surface area (Å²) in [7, 11) is 0. The minimum atomic E-state index is -2.58. The van der Waals surface area contributed by atoms with Gasteiger partial charge in [-0.05, 0) is 5.92 Å². The number of carbonyl (C=O) groups excluding carboxylic acids is 1. The summed E-state index contributed by atoms with van der Waals surface area (Å²) < 4.78 is 23.9. The highest BCUT2D eigenvalue weighted by Gasteiger charge is 2.17. The quantitative estimate of drug-likeness (QED) is 0.741. The van der Waals surface area contributed by atoms with E-state index in [0.29, 0.717) is 17.6 Å². The van der Waals surface area contributed by atoms with Gasteiger partial charge in [0.2, 0.25) is 0 Å². The van der Waals surface area contributed by atoms with Crippen LogP contribution >= 0.6 is 11.3 Å². The second kappa shape index (κ2) is 6.48. The third-order valence-electron chi connectivity index (χ3n) is 1.94. The van der Waals surface area contributed by atoms with Crippen LogP contribution in [0.25, 0.3) is 0 Å². The monoisotopic (exact) mass is 278 g/mol. The third kappa shape index (κ3) is 4.44. The van der Waals surface area contributed by atoms with Crippen molar-refractivity contribution >= 4 is 28.2 Å². The number of hydrogen-bond donors (Lipinski definition) is 3. The van der Waals surface area contributed by atoms with Gasteiger partial charge < -0.3 is 16.4 Å². The van der Waals surface area contributed by atoms with E-state index in [0.717, 1.165) is 11.3 Å². The Bertz CT molecular complexity index is 409. The molecule has 0 saturated carbocycles. The van der Waals surface area contributed by atoms with Crippen LogP contribution in [-0.4, -0.2) is 30.4 Å². The number of rotatable bonds is 6. The summed E-state index contributed by atoms with van der Waals surface area (Å²) in [6.07, 6.45) is -2.58. The fourth-order valence-electron chi connectivity index (χ4n) is 1.11. The molecular weight excluding hydrogens is 262 g/mol. The first kappa shape index (κ1) is 14.6. The fraction of sp³-hybridized carbons (Fsp3) is 0.600. The zero-order valence-electron chi connectivity index (χ0n) is 10.2. The van der Waals surface area contributed by atoms with Crippen LogP contribution in [0, 0.1) is 5.92 Å². The Kier molecular flexibility index (Phi) is 5.26. The fourth-order valence-corrected chi connectivity index (χ4v) is 1.92. The molecule has 102 valence electrons. The number of alkyl halides is 2. The van der Waals surface area contributed by atoms with Gasteiger partial charge in [-0.2, -0.15) is 0 Å². The highest BCUT2D eigenvalue weighted by molar-refractivity contribution is 7.18. The lowest BCUT2D eigenvalue weighted by Gasteiger charge is -2.04. The maximum absolute atomic E-state index is 12.0. The van der Waals surface area contributed by atoms with Gasteiger partial charge in [0.15, 0.2) is 5.13 Å². The number of amides is 1. The second-order valence-electron chi connectivity index (χ2n) is 4.11. The highest BCUT2D eigenvalue weighted by Crippen LogP contribution is 2.24. The standard InChI is InChI=1S/C10H16F2N4OS/c1-5(2)3-15-10-16-8(13)7(18-10)9(17)14-4-6(11)12/h5-6H,3-4,13H2,1-2H3,(H,14,17)(H,15,16). The van der Waals surface area contributed by atoms with Crippen molar-refractivity contribution in [1.82, 2.24) is 10.3 Å². The van der Waals surface area contributed by atoms with Crippen molar-refractivity contribution in [3.8, 4) is 0 Å². The first-order chi connectivity index (χ1) is 8.40. The number of nitrogens with zero attached hydrogens (tertiary/aromatic N) is 1. The number of nitrogen functional groups attached to an aromatic ring is 1. The lowest BCUT2D eigenvalue weighted by Crippen LogP contribution is -2.28. The number of aromatic nitrogens is 1. The molecular formula is C10H16F2N4OS. The maximum atomic E-state index is 12.0. The Morgan fingerprint density at radius 1 is 1.44 bits per heavy atom. The Labute approximate surface area is 108 Å². The lowest BCUT2D eigenvalue weighted by molar-refractivity contribution is 0.0896. The first-order valence-electron chi connectivity index (χ1n) is 5.46. The summed E-state index contributed by atoms with van der Waals surface area (Å²) in [5, 5.41) is 5.63. The average molecular weight is 278 g/mol. The summed E-state index contributed by atoms with van der Waals surface area (Å²) >= 11 is 1.06. The molecule has 0 unspecified atom stereocenters. The van der Waals surface area contributed by atoms with Gasteiger partial charge >= 0.3 is 0 Å². The molecule has 0 fully saturated rings. The van der Waals surface area contributed by atoms with E-state index in [4.69, 9.17) is 5.73 Å². The van der Waals surface area contributed by atoms with E-state index in [2.05, 4.69) is 15.6 Å². The zero-order valence-corrected chi connectivity index (χ0v) is 11.0. The highest BCUT2D eigenvalue weighted by atomic mass is 32.1. The number of hydrogen-bond acceptors (Lipinski definition) is 5. The first-order valence-corrected chi connectivity index (χ1v) is 6.28. The van der Waals surface area contributed by atoms with E-state index in [9.17, 15) is 13.6 Å². The summed E-state index contributed by atoms with van der Waals surface area (Å²) in [5.74, 6) is -0.146. The number of halogens is 2. The molecule has 0 aliphatic heterocycles. The maximum Gasteiger partial charge on any atom is 0.265 e. The lowest BCUT2D eigenvalue weighted by atomic mass is 10.2. The van der Waals surface area contributed by atoms with Crippen LogP contribution in [0.3, 0.4) is 0 Å². The molecule has 0 aromatic carbocycles.